The monoisotopic (exact) mass is 379 g/mol. The average Bonchev–Trinajstić information content (AvgIpc) is 2.57. The molecule has 1 heterocycles. The van der Waals surface area contributed by atoms with Crippen LogP contribution < -0.4 is 5.32 Å². The summed E-state index contributed by atoms with van der Waals surface area (Å²) in [5, 5.41) is 12.1. The number of rotatable bonds is 6. The predicted octanol–water partition coefficient (Wildman–Crippen LogP) is 3.55. The Morgan fingerprint density at radius 3 is 2.22 bits per heavy atom. The van der Waals surface area contributed by atoms with Crippen LogP contribution in [0.4, 0.5) is 4.79 Å². The number of carbonyl (C=O) groups excluding carboxylic acids is 1. The van der Waals surface area contributed by atoms with Gasteiger partial charge in [-0.15, -0.1) is 0 Å². The normalized spacial score (nSPS) is 18.7. The van der Waals surface area contributed by atoms with E-state index in [1.165, 1.54) is 5.56 Å². The molecule has 2 rings (SSSR count). The first-order chi connectivity index (χ1) is 12.5. The smallest absolute Gasteiger partial charge is 0.408 e. The second kappa shape index (κ2) is 8.59. The summed E-state index contributed by atoms with van der Waals surface area (Å²) in [6.45, 7) is 10.1. The van der Waals surface area contributed by atoms with Crippen LogP contribution in [0.15, 0.2) is 24.3 Å². The van der Waals surface area contributed by atoms with Crippen molar-refractivity contribution in [2.75, 3.05) is 13.2 Å². The minimum Gasteiger partial charge on any atom is -0.444 e. The maximum absolute atomic E-state index is 12.3. The zero-order valence-electron chi connectivity index (χ0n) is 17.1. The standard InChI is InChI=1S/C21H33NO5/c1-19(2,3)27-18(24)22-21(14-25-20(4,5)26-15-21)12-6-7-16-8-10-17(13-23)11-9-16/h8-11,23H,6-7,12-15H2,1-5H3,(H,22,24). The Labute approximate surface area is 162 Å². The van der Waals surface area contributed by atoms with Crippen LogP contribution in [0.1, 0.15) is 58.6 Å². The molecule has 0 atom stereocenters. The summed E-state index contributed by atoms with van der Waals surface area (Å²) in [4.78, 5) is 12.3. The van der Waals surface area contributed by atoms with E-state index in [4.69, 9.17) is 19.3 Å². The summed E-state index contributed by atoms with van der Waals surface area (Å²) < 4.78 is 17.1. The fourth-order valence-electron chi connectivity index (χ4n) is 2.95. The molecule has 0 saturated carbocycles. The van der Waals surface area contributed by atoms with Crippen LogP contribution in [0, 0.1) is 0 Å². The minimum absolute atomic E-state index is 0.0493. The molecule has 6 nitrogen and oxygen atoms in total. The van der Waals surface area contributed by atoms with Crippen molar-refractivity contribution in [2.24, 2.45) is 0 Å². The molecule has 1 fully saturated rings. The van der Waals surface area contributed by atoms with E-state index in [1.54, 1.807) is 0 Å². The van der Waals surface area contributed by atoms with E-state index in [9.17, 15) is 4.79 Å². The van der Waals surface area contributed by atoms with Crippen molar-refractivity contribution in [3.05, 3.63) is 35.4 Å². The van der Waals surface area contributed by atoms with E-state index in [2.05, 4.69) is 5.32 Å². The molecule has 1 aromatic rings. The van der Waals surface area contributed by atoms with Crippen molar-refractivity contribution >= 4 is 6.09 Å². The number of aliphatic hydroxyl groups is 1. The Hall–Kier alpha value is -1.63. The Kier molecular flexibility index (Phi) is 6.89. The molecular formula is C21H33NO5. The SMILES string of the molecule is CC(C)(C)OC(=O)NC1(CCCc2ccc(CO)cc2)COC(C)(C)OC1. The fourth-order valence-corrected chi connectivity index (χ4v) is 2.95. The van der Waals surface area contributed by atoms with Crippen molar-refractivity contribution in [3.8, 4) is 0 Å². The van der Waals surface area contributed by atoms with Gasteiger partial charge in [0.15, 0.2) is 5.79 Å². The lowest BCUT2D eigenvalue weighted by molar-refractivity contribution is -0.271. The van der Waals surface area contributed by atoms with Crippen molar-refractivity contribution in [2.45, 2.75) is 77.4 Å². The summed E-state index contributed by atoms with van der Waals surface area (Å²) in [6, 6.07) is 7.91. The van der Waals surface area contributed by atoms with Gasteiger partial charge in [-0.25, -0.2) is 4.79 Å². The lowest BCUT2D eigenvalue weighted by Gasteiger charge is -2.44. The van der Waals surface area contributed by atoms with Crippen molar-refractivity contribution in [3.63, 3.8) is 0 Å². The molecule has 0 radical (unpaired) electrons. The van der Waals surface area contributed by atoms with Gasteiger partial charge in [0.1, 0.15) is 5.60 Å². The zero-order chi connectivity index (χ0) is 20.1. The van der Waals surface area contributed by atoms with Gasteiger partial charge in [-0.2, -0.15) is 0 Å². The molecule has 1 aliphatic heterocycles. The molecule has 0 spiro atoms. The summed E-state index contributed by atoms with van der Waals surface area (Å²) in [5.41, 5.74) is 0.925. The van der Waals surface area contributed by atoms with E-state index in [-0.39, 0.29) is 6.61 Å². The molecule has 152 valence electrons. The third kappa shape index (κ3) is 7.13. The number of hydrogen-bond acceptors (Lipinski definition) is 5. The van der Waals surface area contributed by atoms with Gasteiger partial charge in [0.2, 0.25) is 0 Å². The predicted molar refractivity (Wildman–Crippen MR) is 103 cm³/mol. The van der Waals surface area contributed by atoms with E-state index in [0.29, 0.717) is 19.6 Å². The minimum atomic E-state index is -0.654. The molecule has 1 amide bonds. The molecular weight excluding hydrogens is 346 g/mol. The summed E-state index contributed by atoms with van der Waals surface area (Å²) >= 11 is 0. The second-order valence-electron chi connectivity index (χ2n) is 8.71. The molecule has 6 heteroatoms. The van der Waals surface area contributed by atoms with Crippen LogP contribution in [-0.4, -0.2) is 41.3 Å². The molecule has 27 heavy (non-hydrogen) atoms. The van der Waals surface area contributed by atoms with Gasteiger partial charge < -0.3 is 24.6 Å². The Balaban J connectivity index is 1.98. The Morgan fingerprint density at radius 1 is 1.15 bits per heavy atom. The number of ether oxygens (including phenoxy) is 3. The summed E-state index contributed by atoms with van der Waals surface area (Å²) in [5.74, 6) is -0.654. The number of carbonyl (C=O) groups is 1. The van der Waals surface area contributed by atoms with Crippen LogP contribution in [0.3, 0.4) is 0 Å². The highest BCUT2D eigenvalue weighted by molar-refractivity contribution is 5.68. The number of aliphatic hydroxyl groups excluding tert-OH is 1. The molecule has 2 N–H and O–H groups in total. The lowest BCUT2D eigenvalue weighted by Crippen LogP contribution is -2.61. The quantitative estimate of drug-likeness (QED) is 0.790. The highest BCUT2D eigenvalue weighted by atomic mass is 16.7. The van der Waals surface area contributed by atoms with E-state index < -0.39 is 23.0 Å². The average molecular weight is 379 g/mol. The van der Waals surface area contributed by atoms with Crippen LogP contribution in [0.25, 0.3) is 0 Å². The number of nitrogens with one attached hydrogen (secondary N) is 1. The largest absolute Gasteiger partial charge is 0.444 e. The topological polar surface area (TPSA) is 77.0 Å². The van der Waals surface area contributed by atoms with Crippen molar-refractivity contribution < 1.29 is 24.1 Å². The third-order valence-corrected chi connectivity index (χ3v) is 4.48. The number of amides is 1. The molecule has 0 unspecified atom stereocenters. The van der Waals surface area contributed by atoms with Gasteiger partial charge in [0.25, 0.3) is 0 Å². The first-order valence-electron chi connectivity index (χ1n) is 9.50. The molecule has 1 saturated heterocycles. The highest BCUT2D eigenvalue weighted by Gasteiger charge is 2.41. The molecule has 1 aliphatic rings. The van der Waals surface area contributed by atoms with E-state index in [1.807, 2.05) is 58.9 Å². The molecule has 0 bridgehead atoms. The number of alkyl carbamates (subject to hydrolysis) is 1. The van der Waals surface area contributed by atoms with Gasteiger partial charge >= 0.3 is 6.09 Å². The zero-order valence-corrected chi connectivity index (χ0v) is 17.1. The number of aryl methyl sites for hydroxylation is 1. The second-order valence-corrected chi connectivity index (χ2v) is 8.71. The molecule has 0 aliphatic carbocycles. The number of benzene rings is 1. The lowest BCUT2D eigenvalue weighted by atomic mass is 9.91. The van der Waals surface area contributed by atoms with Gasteiger partial charge in [-0.3, -0.25) is 0 Å². The van der Waals surface area contributed by atoms with Crippen LogP contribution in [0.2, 0.25) is 0 Å². The fraction of sp³-hybridized carbons (Fsp3) is 0.667. The maximum atomic E-state index is 12.3. The maximum Gasteiger partial charge on any atom is 0.408 e. The summed E-state index contributed by atoms with van der Waals surface area (Å²) in [6.07, 6.45) is 1.99. The van der Waals surface area contributed by atoms with Crippen LogP contribution in [0.5, 0.6) is 0 Å². The van der Waals surface area contributed by atoms with Gasteiger partial charge in [0, 0.05) is 0 Å². The summed E-state index contributed by atoms with van der Waals surface area (Å²) in [7, 11) is 0. The molecule has 0 aromatic heterocycles. The number of hydrogen-bond donors (Lipinski definition) is 2. The van der Waals surface area contributed by atoms with Gasteiger partial charge in [-0.1, -0.05) is 24.3 Å². The van der Waals surface area contributed by atoms with Gasteiger partial charge in [0.05, 0.1) is 25.4 Å². The van der Waals surface area contributed by atoms with E-state index in [0.717, 1.165) is 18.4 Å². The Bertz CT molecular complexity index is 608. The first-order valence-corrected chi connectivity index (χ1v) is 9.50. The van der Waals surface area contributed by atoms with Crippen molar-refractivity contribution in [1.82, 2.24) is 5.32 Å². The van der Waals surface area contributed by atoms with Crippen LogP contribution >= 0.6 is 0 Å². The Morgan fingerprint density at radius 2 is 1.70 bits per heavy atom. The first kappa shape index (κ1) is 21.7. The third-order valence-electron chi connectivity index (χ3n) is 4.48. The van der Waals surface area contributed by atoms with E-state index >= 15 is 0 Å². The van der Waals surface area contributed by atoms with Crippen LogP contribution in [-0.2, 0) is 27.2 Å². The van der Waals surface area contributed by atoms with Crippen molar-refractivity contribution in [1.29, 1.82) is 0 Å². The highest BCUT2D eigenvalue weighted by Crippen LogP contribution is 2.28. The van der Waals surface area contributed by atoms with Gasteiger partial charge in [-0.05, 0) is 65.0 Å². The molecule has 1 aromatic carbocycles.